The van der Waals surface area contributed by atoms with E-state index >= 15 is 0 Å². The number of rotatable bonds is 6. The van der Waals surface area contributed by atoms with Gasteiger partial charge in [0.1, 0.15) is 19.1 Å². The van der Waals surface area contributed by atoms with Crippen LogP contribution in [0.2, 0.25) is 0 Å². The summed E-state index contributed by atoms with van der Waals surface area (Å²) in [4.78, 5) is 46.1. The van der Waals surface area contributed by atoms with Crippen molar-refractivity contribution in [2.24, 2.45) is 0 Å². The second-order valence-electron chi connectivity index (χ2n) is 4.05. The minimum absolute atomic E-state index is 0.390. The van der Waals surface area contributed by atoms with Crippen LogP contribution in [0, 0.1) is 0 Å². The average molecular weight is 275 g/mol. The number of carbonyl (C=O) groups is 4. The number of nitrogens with one attached hydrogen (secondary N) is 1. The normalized spacial score (nSPS) is 11.3. The number of amides is 3. The van der Waals surface area contributed by atoms with Crippen molar-refractivity contribution >= 4 is 23.9 Å². The molecule has 0 aliphatic carbocycles. The van der Waals surface area contributed by atoms with Crippen molar-refractivity contribution in [3.05, 3.63) is 0 Å². The van der Waals surface area contributed by atoms with Crippen LogP contribution in [0.25, 0.3) is 0 Å². The Morgan fingerprint density at radius 1 is 1.05 bits per heavy atom. The summed E-state index contributed by atoms with van der Waals surface area (Å²) in [5.74, 6) is -3.08. The molecule has 0 saturated heterocycles. The van der Waals surface area contributed by atoms with E-state index in [4.69, 9.17) is 10.2 Å². The van der Waals surface area contributed by atoms with Crippen molar-refractivity contribution in [1.29, 1.82) is 0 Å². The summed E-state index contributed by atoms with van der Waals surface area (Å²) in [6.07, 6.45) is 0. The van der Waals surface area contributed by atoms with Gasteiger partial charge in [0.25, 0.3) is 0 Å². The lowest BCUT2D eigenvalue weighted by Gasteiger charge is -2.23. The summed E-state index contributed by atoms with van der Waals surface area (Å²) in [6, 6.07) is -1.81. The van der Waals surface area contributed by atoms with Gasteiger partial charge in [-0.3, -0.25) is 14.4 Å². The van der Waals surface area contributed by atoms with E-state index in [1.807, 2.05) is 0 Å². The van der Waals surface area contributed by atoms with Crippen LogP contribution in [0.15, 0.2) is 0 Å². The molecule has 1 atom stereocenters. The SMILES string of the molecule is CC(NC(=O)N(CC(=O)O)CC(=O)O)C(=O)N(C)C. The highest BCUT2D eigenvalue weighted by Crippen LogP contribution is 1.95. The minimum Gasteiger partial charge on any atom is -0.480 e. The van der Waals surface area contributed by atoms with Gasteiger partial charge in [0.2, 0.25) is 5.91 Å². The zero-order valence-corrected chi connectivity index (χ0v) is 10.9. The average Bonchev–Trinajstić information content (AvgIpc) is 2.25. The van der Waals surface area contributed by atoms with Crippen molar-refractivity contribution in [1.82, 2.24) is 15.1 Å². The van der Waals surface area contributed by atoms with Crippen LogP contribution < -0.4 is 5.32 Å². The third-order valence-electron chi connectivity index (χ3n) is 2.09. The zero-order chi connectivity index (χ0) is 15.2. The molecular weight excluding hydrogens is 258 g/mol. The Labute approximate surface area is 109 Å². The monoisotopic (exact) mass is 275 g/mol. The zero-order valence-electron chi connectivity index (χ0n) is 10.9. The predicted octanol–water partition coefficient (Wildman–Crippen LogP) is -1.36. The number of urea groups is 1. The molecule has 108 valence electrons. The van der Waals surface area contributed by atoms with Gasteiger partial charge in [-0.25, -0.2) is 4.79 Å². The number of likely N-dealkylation sites (N-methyl/N-ethyl adjacent to an activating group) is 1. The smallest absolute Gasteiger partial charge is 0.323 e. The fourth-order valence-electron chi connectivity index (χ4n) is 1.25. The van der Waals surface area contributed by atoms with Crippen molar-refractivity contribution in [3.63, 3.8) is 0 Å². The quantitative estimate of drug-likeness (QED) is 0.549. The second kappa shape index (κ2) is 7.19. The molecular formula is C10H17N3O6. The van der Waals surface area contributed by atoms with Gasteiger partial charge in [-0.15, -0.1) is 0 Å². The molecule has 0 fully saturated rings. The second-order valence-corrected chi connectivity index (χ2v) is 4.05. The number of nitrogens with zero attached hydrogens (tertiary/aromatic N) is 2. The van der Waals surface area contributed by atoms with Crippen LogP contribution in [-0.2, 0) is 14.4 Å². The maximum Gasteiger partial charge on any atom is 0.323 e. The molecule has 0 aliphatic rings. The van der Waals surface area contributed by atoms with Crippen LogP contribution in [0.5, 0.6) is 0 Å². The van der Waals surface area contributed by atoms with Crippen LogP contribution >= 0.6 is 0 Å². The molecule has 9 heteroatoms. The van der Waals surface area contributed by atoms with Crippen LogP contribution in [0.3, 0.4) is 0 Å². The topological polar surface area (TPSA) is 127 Å². The van der Waals surface area contributed by atoms with E-state index in [0.29, 0.717) is 4.90 Å². The maximum absolute atomic E-state index is 11.7. The van der Waals surface area contributed by atoms with Gasteiger partial charge < -0.3 is 25.3 Å². The van der Waals surface area contributed by atoms with E-state index < -0.39 is 37.1 Å². The molecule has 0 bridgehead atoms. The molecule has 0 rings (SSSR count). The third-order valence-corrected chi connectivity index (χ3v) is 2.09. The molecule has 0 saturated carbocycles. The first-order chi connectivity index (χ1) is 8.65. The predicted molar refractivity (Wildman–Crippen MR) is 63.5 cm³/mol. The van der Waals surface area contributed by atoms with Crippen molar-refractivity contribution in [2.45, 2.75) is 13.0 Å². The van der Waals surface area contributed by atoms with Gasteiger partial charge in [0, 0.05) is 14.1 Å². The van der Waals surface area contributed by atoms with Gasteiger partial charge >= 0.3 is 18.0 Å². The Morgan fingerprint density at radius 2 is 1.47 bits per heavy atom. The Kier molecular flexibility index (Phi) is 6.31. The molecule has 0 spiro atoms. The van der Waals surface area contributed by atoms with E-state index in [0.717, 1.165) is 0 Å². The molecule has 3 N–H and O–H groups in total. The van der Waals surface area contributed by atoms with Crippen LogP contribution in [-0.4, -0.2) is 77.1 Å². The van der Waals surface area contributed by atoms with E-state index in [-0.39, 0.29) is 5.91 Å². The summed E-state index contributed by atoms with van der Waals surface area (Å²) < 4.78 is 0. The van der Waals surface area contributed by atoms with Gasteiger partial charge in [-0.05, 0) is 6.92 Å². The highest BCUT2D eigenvalue weighted by atomic mass is 16.4. The minimum atomic E-state index is -1.34. The third kappa shape index (κ3) is 6.24. The maximum atomic E-state index is 11.7. The first-order valence-electron chi connectivity index (χ1n) is 5.35. The first kappa shape index (κ1) is 16.7. The molecule has 0 aliphatic heterocycles. The fourth-order valence-corrected chi connectivity index (χ4v) is 1.25. The Hall–Kier alpha value is -2.32. The molecule has 9 nitrogen and oxygen atoms in total. The lowest BCUT2D eigenvalue weighted by molar-refractivity contribution is -0.140. The summed E-state index contributed by atoms with van der Waals surface area (Å²) in [5.41, 5.74) is 0. The lowest BCUT2D eigenvalue weighted by Crippen LogP contribution is -2.51. The molecule has 1 unspecified atom stereocenters. The first-order valence-corrected chi connectivity index (χ1v) is 5.35. The molecule has 0 aromatic carbocycles. The summed E-state index contributed by atoms with van der Waals surface area (Å²) >= 11 is 0. The largest absolute Gasteiger partial charge is 0.480 e. The van der Waals surface area contributed by atoms with Crippen molar-refractivity contribution in [2.75, 3.05) is 27.2 Å². The summed E-state index contributed by atoms with van der Waals surface area (Å²) in [6.45, 7) is -0.109. The molecule has 19 heavy (non-hydrogen) atoms. The van der Waals surface area contributed by atoms with Gasteiger partial charge in [0.15, 0.2) is 0 Å². The van der Waals surface area contributed by atoms with Gasteiger partial charge in [-0.2, -0.15) is 0 Å². The van der Waals surface area contributed by atoms with E-state index in [9.17, 15) is 19.2 Å². The number of carboxylic acid groups (broad SMARTS) is 2. The Bertz CT molecular complexity index is 365. The van der Waals surface area contributed by atoms with Crippen LogP contribution in [0.4, 0.5) is 4.79 Å². The number of hydrogen-bond acceptors (Lipinski definition) is 4. The van der Waals surface area contributed by atoms with Gasteiger partial charge in [0.05, 0.1) is 0 Å². The number of aliphatic carboxylic acids is 2. The number of hydrogen-bond donors (Lipinski definition) is 3. The van der Waals surface area contributed by atoms with Crippen molar-refractivity contribution < 1.29 is 29.4 Å². The molecule has 0 aromatic rings. The van der Waals surface area contributed by atoms with Crippen LogP contribution in [0.1, 0.15) is 6.92 Å². The number of carboxylic acids is 2. The van der Waals surface area contributed by atoms with E-state index in [2.05, 4.69) is 5.32 Å². The molecule has 0 heterocycles. The molecule has 3 amide bonds. The standard InChI is InChI=1S/C10H17N3O6/c1-6(9(18)12(2)3)11-10(19)13(4-7(14)15)5-8(16)17/h6H,4-5H2,1-3H3,(H,11,19)(H,14,15)(H,16,17). The molecule has 0 aromatic heterocycles. The molecule has 0 radical (unpaired) electrons. The Balaban J connectivity index is 4.67. The lowest BCUT2D eigenvalue weighted by atomic mass is 10.3. The van der Waals surface area contributed by atoms with E-state index in [1.165, 1.54) is 25.9 Å². The summed E-state index contributed by atoms with van der Waals surface area (Å²) in [5, 5.41) is 19.4. The highest BCUT2D eigenvalue weighted by Gasteiger charge is 2.23. The highest BCUT2D eigenvalue weighted by molar-refractivity contribution is 5.89. The van der Waals surface area contributed by atoms with Gasteiger partial charge in [-0.1, -0.05) is 0 Å². The summed E-state index contributed by atoms with van der Waals surface area (Å²) in [7, 11) is 2.99. The van der Waals surface area contributed by atoms with E-state index in [1.54, 1.807) is 0 Å². The fraction of sp³-hybridized carbons (Fsp3) is 0.600. The number of carbonyl (C=O) groups excluding carboxylic acids is 2. The van der Waals surface area contributed by atoms with Crippen molar-refractivity contribution in [3.8, 4) is 0 Å². The Morgan fingerprint density at radius 3 is 1.79 bits per heavy atom.